The van der Waals surface area contributed by atoms with Crippen LogP contribution in [0.1, 0.15) is 47.1 Å². The van der Waals surface area contributed by atoms with Crippen LogP contribution >= 0.6 is 0 Å². The van der Waals surface area contributed by atoms with Gasteiger partial charge < -0.3 is 14.2 Å². The first kappa shape index (κ1) is 18.7. The third kappa shape index (κ3) is 3.41. The monoisotopic (exact) mass is 392 g/mol. The number of esters is 1. The molecule has 0 saturated carbocycles. The molecular formula is C21H19F3O4. The molecule has 4 rings (SSSR count). The average molecular weight is 392 g/mol. The summed E-state index contributed by atoms with van der Waals surface area (Å²) in [6.07, 6.45) is -3.73. The molecule has 1 aliphatic heterocycles. The van der Waals surface area contributed by atoms with Gasteiger partial charge in [-0.15, -0.1) is 0 Å². The fourth-order valence-electron chi connectivity index (χ4n) is 3.95. The Labute approximate surface area is 160 Å². The summed E-state index contributed by atoms with van der Waals surface area (Å²) in [5, 5.41) is 0. The molecule has 2 atom stereocenters. The van der Waals surface area contributed by atoms with Gasteiger partial charge in [-0.2, -0.15) is 13.2 Å². The molecular weight excluding hydrogens is 373 g/mol. The summed E-state index contributed by atoms with van der Waals surface area (Å²) in [6, 6.07) is 9.58. The number of methoxy groups -OCH3 is 1. The van der Waals surface area contributed by atoms with Crippen molar-refractivity contribution in [3.05, 3.63) is 58.7 Å². The molecule has 0 fully saturated rings. The Morgan fingerprint density at radius 1 is 1.21 bits per heavy atom. The van der Waals surface area contributed by atoms with Crippen LogP contribution in [0.3, 0.4) is 0 Å². The molecule has 0 aromatic heterocycles. The summed E-state index contributed by atoms with van der Waals surface area (Å²) in [5.41, 5.74) is 1.22. The van der Waals surface area contributed by atoms with Gasteiger partial charge in [0.1, 0.15) is 17.6 Å². The van der Waals surface area contributed by atoms with Crippen LogP contribution < -0.4 is 9.47 Å². The van der Waals surface area contributed by atoms with Crippen molar-refractivity contribution < 1.29 is 32.2 Å². The van der Waals surface area contributed by atoms with Crippen LogP contribution in [0.15, 0.2) is 36.4 Å². The van der Waals surface area contributed by atoms with Gasteiger partial charge in [-0.1, -0.05) is 18.2 Å². The summed E-state index contributed by atoms with van der Waals surface area (Å²) < 4.78 is 56.0. The number of carbonyl (C=O) groups excluding carboxylic acids is 1. The fourth-order valence-corrected chi connectivity index (χ4v) is 3.95. The van der Waals surface area contributed by atoms with Crippen molar-refractivity contribution in [3.63, 3.8) is 0 Å². The predicted molar refractivity (Wildman–Crippen MR) is 94.4 cm³/mol. The van der Waals surface area contributed by atoms with Crippen LogP contribution in [-0.4, -0.2) is 19.7 Å². The minimum absolute atomic E-state index is 0.0712. The maximum atomic E-state index is 13.2. The van der Waals surface area contributed by atoms with Gasteiger partial charge in [0.25, 0.3) is 0 Å². The van der Waals surface area contributed by atoms with Gasteiger partial charge in [-0.3, -0.25) is 4.79 Å². The van der Waals surface area contributed by atoms with Crippen molar-refractivity contribution in [2.24, 2.45) is 0 Å². The lowest BCUT2D eigenvalue weighted by Crippen LogP contribution is -2.10. The third-order valence-electron chi connectivity index (χ3n) is 5.31. The highest BCUT2D eigenvalue weighted by Crippen LogP contribution is 2.44. The molecule has 1 aliphatic carbocycles. The Morgan fingerprint density at radius 3 is 2.79 bits per heavy atom. The molecule has 0 spiro atoms. The van der Waals surface area contributed by atoms with Gasteiger partial charge in [0.15, 0.2) is 0 Å². The molecule has 0 bridgehead atoms. The zero-order valence-electron chi connectivity index (χ0n) is 15.2. The van der Waals surface area contributed by atoms with Crippen LogP contribution in [0, 0.1) is 0 Å². The van der Waals surface area contributed by atoms with Crippen LogP contribution in [0.5, 0.6) is 11.5 Å². The van der Waals surface area contributed by atoms with E-state index in [1.165, 1.54) is 13.2 Å². The predicted octanol–water partition coefficient (Wildman–Crippen LogP) is 4.81. The number of rotatable bonds is 4. The van der Waals surface area contributed by atoms with Crippen molar-refractivity contribution in [1.82, 2.24) is 0 Å². The Balaban J connectivity index is 1.53. The number of fused-ring (bicyclic) bond motifs is 2. The van der Waals surface area contributed by atoms with E-state index in [2.05, 4.69) is 0 Å². The van der Waals surface area contributed by atoms with Crippen molar-refractivity contribution in [3.8, 4) is 11.5 Å². The van der Waals surface area contributed by atoms with Gasteiger partial charge in [0.2, 0.25) is 0 Å². The molecule has 0 saturated heterocycles. The van der Waals surface area contributed by atoms with E-state index in [9.17, 15) is 18.0 Å². The van der Waals surface area contributed by atoms with Crippen molar-refractivity contribution in [1.29, 1.82) is 0 Å². The van der Waals surface area contributed by atoms with E-state index >= 15 is 0 Å². The van der Waals surface area contributed by atoms with Crippen LogP contribution in [0.25, 0.3) is 0 Å². The Hall–Kier alpha value is -2.70. The van der Waals surface area contributed by atoms with Crippen LogP contribution in [0.4, 0.5) is 13.2 Å². The minimum atomic E-state index is -4.36. The van der Waals surface area contributed by atoms with E-state index in [0.717, 1.165) is 11.6 Å². The maximum absolute atomic E-state index is 13.2. The molecule has 1 heterocycles. The molecule has 2 aliphatic rings. The first-order valence-corrected chi connectivity index (χ1v) is 9.06. The normalized spacial score (nSPS) is 20.3. The lowest BCUT2D eigenvalue weighted by Gasteiger charge is -2.17. The van der Waals surface area contributed by atoms with E-state index in [0.29, 0.717) is 42.1 Å². The Kier molecular flexibility index (Phi) is 4.69. The molecule has 7 heteroatoms. The molecule has 28 heavy (non-hydrogen) atoms. The number of alkyl halides is 3. The second-order valence-corrected chi connectivity index (χ2v) is 7.00. The fraction of sp³-hybridized carbons (Fsp3) is 0.381. The lowest BCUT2D eigenvalue weighted by atomic mass is 9.98. The highest BCUT2D eigenvalue weighted by molar-refractivity contribution is 5.71. The topological polar surface area (TPSA) is 44.8 Å². The number of hydrogen-bond acceptors (Lipinski definition) is 4. The molecule has 148 valence electrons. The summed E-state index contributed by atoms with van der Waals surface area (Å²) >= 11 is 0. The van der Waals surface area contributed by atoms with Gasteiger partial charge in [-0.25, -0.2) is 0 Å². The SMILES string of the molecule is COC(=O)C[C@H]1COc2cc(O[C@H]3CCc4c3cccc4C(F)(F)F)ccc21. The van der Waals surface area contributed by atoms with Crippen LogP contribution in [0.2, 0.25) is 0 Å². The van der Waals surface area contributed by atoms with Gasteiger partial charge in [0.05, 0.1) is 25.7 Å². The highest BCUT2D eigenvalue weighted by Gasteiger charge is 2.38. The first-order chi connectivity index (χ1) is 13.4. The van der Waals surface area contributed by atoms with Crippen LogP contribution in [-0.2, 0) is 22.1 Å². The van der Waals surface area contributed by atoms with Crippen molar-refractivity contribution in [2.45, 2.75) is 37.5 Å². The molecule has 0 radical (unpaired) electrons. The van der Waals surface area contributed by atoms with Gasteiger partial charge in [0, 0.05) is 17.5 Å². The smallest absolute Gasteiger partial charge is 0.416 e. The zero-order valence-corrected chi connectivity index (χ0v) is 15.2. The third-order valence-corrected chi connectivity index (χ3v) is 5.31. The number of benzene rings is 2. The number of carbonyl (C=O) groups is 1. The first-order valence-electron chi connectivity index (χ1n) is 9.06. The maximum Gasteiger partial charge on any atom is 0.416 e. The Bertz CT molecular complexity index is 907. The molecule has 2 aromatic rings. The Morgan fingerprint density at radius 2 is 2.04 bits per heavy atom. The summed E-state index contributed by atoms with van der Waals surface area (Å²) in [6.45, 7) is 0.384. The standard InChI is InChI=1S/C21H19F3O4/c1-26-20(25)9-12-11-27-19-10-13(5-6-14(12)19)28-18-8-7-15-16(18)3-2-4-17(15)21(22,23)24/h2-6,10,12,18H,7-9,11H2,1H3/t12-,18-/m0/s1. The number of hydrogen-bond donors (Lipinski definition) is 0. The van der Waals surface area contributed by atoms with E-state index in [1.54, 1.807) is 18.2 Å². The number of ether oxygens (including phenoxy) is 3. The highest BCUT2D eigenvalue weighted by atomic mass is 19.4. The quantitative estimate of drug-likeness (QED) is 0.701. The summed E-state index contributed by atoms with van der Waals surface area (Å²) in [7, 11) is 1.35. The van der Waals surface area contributed by atoms with Crippen molar-refractivity contribution >= 4 is 5.97 Å². The van der Waals surface area contributed by atoms with E-state index in [4.69, 9.17) is 14.2 Å². The largest absolute Gasteiger partial charge is 0.492 e. The van der Waals surface area contributed by atoms with E-state index < -0.39 is 17.8 Å². The molecule has 0 N–H and O–H groups in total. The summed E-state index contributed by atoms with van der Waals surface area (Å²) in [5.74, 6) is 0.796. The minimum Gasteiger partial charge on any atom is -0.492 e. The zero-order chi connectivity index (χ0) is 19.9. The van der Waals surface area contributed by atoms with Gasteiger partial charge in [-0.05, 0) is 36.1 Å². The number of halogens is 3. The molecule has 0 amide bonds. The van der Waals surface area contributed by atoms with Gasteiger partial charge >= 0.3 is 12.1 Å². The van der Waals surface area contributed by atoms with E-state index in [1.807, 2.05) is 6.07 Å². The second kappa shape index (κ2) is 7.04. The summed E-state index contributed by atoms with van der Waals surface area (Å²) in [4.78, 5) is 11.5. The molecule has 2 aromatic carbocycles. The molecule has 0 unspecified atom stereocenters. The second-order valence-electron chi connectivity index (χ2n) is 7.00. The van der Waals surface area contributed by atoms with E-state index in [-0.39, 0.29) is 18.3 Å². The lowest BCUT2D eigenvalue weighted by molar-refractivity contribution is -0.141. The van der Waals surface area contributed by atoms with Crippen molar-refractivity contribution in [2.75, 3.05) is 13.7 Å². The average Bonchev–Trinajstić information content (AvgIpc) is 3.25. The molecule has 4 nitrogen and oxygen atoms in total.